The number of para-hydroxylation sites is 1. The van der Waals surface area contributed by atoms with E-state index in [-0.39, 0.29) is 17.7 Å². The molecular formula is C13H13NO3. The van der Waals surface area contributed by atoms with Gasteiger partial charge < -0.3 is 9.84 Å². The molecule has 0 spiro atoms. The molecular weight excluding hydrogens is 218 g/mol. The Labute approximate surface area is 99.1 Å². The number of ether oxygens (including phenoxy) is 1. The summed E-state index contributed by atoms with van der Waals surface area (Å²) in [4.78, 5) is 13.6. The first kappa shape index (κ1) is 10.4. The smallest absolute Gasteiger partial charge is 0.259 e. The van der Waals surface area contributed by atoms with E-state index in [2.05, 4.69) is 0 Å². The molecule has 2 heterocycles. The zero-order chi connectivity index (χ0) is 12.2. The fraction of sp³-hybridized carbons (Fsp3) is 0.308. The van der Waals surface area contributed by atoms with Gasteiger partial charge in [0.15, 0.2) is 6.10 Å². The van der Waals surface area contributed by atoms with E-state index < -0.39 is 6.10 Å². The Morgan fingerprint density at radius 2 is 2.06 bits per heavy atom. The van der Waals surface area contributed by atoms with Crippen molar-refractivity contribution in [2.75, 3.05) is 12.0 Å². The third-order valence-electron chi connectivity index (χ3n) is 3.54. The average Bonchev–Trinajstić information content (AvgIpc) is 2.34. The molecule has 2 unspecified atom stereocenters. The summed E-state index contributed by atoms with van der Waals surface area (Å²) >= 11 is 0. The SMILES string of the molecule is COC1C(=O)N2c3ccccc3C(O)=C(C)C12. The Morgan fingerprint density at radius 3 is 2.76 bits per heavy atom. The minimum atomic E-state index is -0.467. The van der Waals surface area contributed by atoms with Crippen LogP contribution in [0.2, 0.25) is 0 Å². The van der Waals surface area contributed by atoms with E-state index in [0.717, 1.165) is 11.3 Å². The lowest BCUT2D eigenvalue weighted by Crippen LogP contribution is -2.67. The molecule has 88 valence electrons. The van der Waals surface area contributed by atoms with Gasteiger partial charge in [-0.25, -0.2) is 0 Å². The van der Waals surface area contributed by atoms with Gasteiger partial charge in [-0.1, -0.05) is 12.1 Å². The first-order chi connectivity index (χ1) is 8.16. The molecule has 1 saturated heterocycles. The number of amides is 1. The summed E-state index contributed by atoms with van der Waals surface area (Å²) in [7, 11) is 1.52. The number of carbonyl (C=O) groups excluding carboxylic acids is 1. The summed E-state index contributed by atoms with van der Waals surface area (Å²) in [6, 6.07) is 7.20. The topological polar surface area (TPSA) is 49.8 Å². The minimum absolute atomic E-state index is 0.0446. The number of aliphatic hydroxyl groups excluding tert-OH is 1. The van der Waals surface area contributed by atoms with Crippen molar-refractivity contribution in [3.63, 3.8) is 0 Å². The van der Waals surface area contributed by atoms with Crippen LogP contribution in [-0.4, -0.2) is 30.3 Å². The van der Waals surface area contributed by atoms with Crippen LogP contribution < -0.4 is 4.90 Å². The van der Waals surface area contributed by atoms with Crippen LogP contribution in [0.15, 0.2) is 29.8 Å². The lowest BCUT2D eigenvalue weighted by atomic mass is 9.84. The van der Waals surface area contributed by atoms with E-state index in [1.807, 2.05) is 31.2 Å². The predicted octanol–water partition coefficient (Wildman–Crippen LogP) is 1.72. The molecule has 2 aliphatic rings. The van der Waals surface area contributed by atoms with E-state index in [4.69, 9.17) is 4.74 Å². The summed E-state index contributed by atoms with van der Waals surface area (Å²) < 4.78 is 5.17. The normalized spacial score (nSPS) is 26.5. The van der Waals surface area contributed by atoms with Crippen LogP contribution in [-0.2, 0) is 9.53 Å². The number of methoxy groups -OCH3 is 1. The number of nitrogens with zero attached hydrogens (tertiary/aromatic N) is 1. The number of aliphatic hydroxyl groups is 1. The zero-order valence-electron chi connectivity index (χ0n) is 9.68. The Kier molecular flexibility index (Phi) is 2.03. The molecule has 0 saturated carbocycles. The second-order valence-corrected chi connectivity index (χ2v) is 4.36. The van der Waals surface area contributed by atoms with E-state index in [1.54, 1.807) is 4.90 Å². The second-order valence-electron chi connectivity index (χ2n) is 4.36. The van der Waals surface area contributed by atoms with Crippen molar-refractivity contribution in [2.24, 2.45) is 0 Å². The Bertz CT molecular complexity index is 535. The van der Waals surface area contributed by atoms with Gasteiger partial charge in [0.05, 0.1) is 11.7 Å². The van der Waals surface area contributed by atoms with Crippen molar-refractivity contribution in [2.45, 2.75) is 19.1 Å². The highest BCUT2D eigenvalue weighted by atomic mass is 16.5. The van der Waals surface area contributed by atoms with Crippen molar-refractivity contribution in [3.8, 4) is 0 Å². The Hall–Kier alpha value is -1.81. The molecule has 4 nitrogen and oxygen atoms in total. The number of rotatable bonds is 1. The maximum Gasteiger partial charge on any atom is 0.259 e. The number of fused-ring (bicyclic) bond motifs is 3. The molecule has 1 N–H and O–H groups in total. The monoisotopic (exact) mass is 231 g/mol. The Morgan fingerprint density at radius 1 is 1.35 bits per heavy atom. The van der Waals surface area contributed by atoms with Gasteiger partial charge >= 0.3 is 0 Å². The van der Waals surface area contributed by atoms with E-state index in [0.29, 0.717) is 5.56 Å². The quantitative estimate of drug-likeness (QED) is 0.749. The molecule has 1 aromatic rings. The first-order valence-electron chi connectivity index (χ1n) is 5.52. The van der Waals surface area contributed by atoms with Gasteiger partial charge in [0.2, 0.25) is 0 Å². The van der Waals surface area contributed by atoms with Crippen LogP contribution in [0.3, 0.4) is 0 Å². The highest BCUT2D eigenvalue weighted by molar-refractivity contribution is 6.09. The van der Waals surface area contributed by atoms with Gasteiger partial charge in [0.1, 0.15) is 5.76 Å². The molecule has 1 aromatic carbocycles. The third kappa shape index (κ3) is 1.13. The van der Waals surface area contributed by atoms with Gasteiger partial charge in [-0.15, -0.1) is 0 Å². The maximum atomic E-state index is 11.9. The summed E-state index contributed by atoms with van der Waals surface area (Å²) in [6.45, 7) is 1.83. The van der Waals surface area contributed by atoms with Crippen LogP contribution in [0.1, 0.15) is 12.5 Å². The minimum Gasteiger partial charge on any atom is -0.507 e. The number of anilines is 1. The van der Waals surface area contributed by atoms with Crippen molar-refractivity contribution in [1.29, 1.82) is 0 Å². The molecule has 4 heteroatoms. The zero-order valence-corrected chi connectivity index (χ0v) is 9.68. The molecule has 0 radical (unpaired) electrons. The first-order valence-corrected chi connectivity index (χ1v) is 5.52. The number of hydrogen-bond donors (Lipinski definition) is 1. The molecule has 3 rings (SSSR count). The number of carbonyl (C=O) groups is 1. The molecule has 1 fully saturated rings. The van der Waals surface area contributed by atoms with Crippen LogP contribution in [0.5, 0.6) is 0 Å². The highest BCUT2D eigenvalue weighted by Gasteiger charge is 2.52. The lowest BCUT2D eigenvalue weighted by molar-refractivity contribution is -0.138. The molecule has 0 bridgehead atoms. The largest absolute Gasteiger partial charge is 0.507 e. The third-order valence-corrected chi connectivity index (χ3v) is 3.54. The summed E-state index contributed by atoms with van der Waals surface area (Å²) in [5.74, 6) is 0.216. The summed E-state index contributed by atoms with van der Waals surface area (Å²) in [6.07, 6.45) is -0.467. The van der Waals surface area contributed by atoms with Crippen molar-refractivity contribution >= 4 is 17.4 Å². The van der Waals surface area contributed by atoms with Crippen LogP contribution in [0.4, 0.5) is 5.69 Å². The van der Waals surface area contributed by atoms with Crippen LogP contribution in [0.25, 0.3) is 5.76 Å². The Balaban J connectivity index is 2.18. The molecule has 2 aliphatic heterocycles. The molecule has 0 aliphatic carbocycles. The molecule has 2 atom stereocenters. The fourth-order valence-electron chi connectivity index (χ4n) is 2.62. The number of β-lactam (4-membered cyclic amide) rings is 1. The van der Waals surface area contributed by atoms with Crippen LogP contribution in [0, 0.1) is 0 Å². The van der Waals surface area contributed by atoms with Gasteiger partial charge in [-0.2, -0.15) is 0 Å². The number of hydrogen-bond acceptors (Lipinski definition) is 3. The fourth-order valence-corrected chi connectivity index (χ4v) is 2.62. The lowest BCUT2D eigenvalue weighted by Gasteiger charge is -2.49. The van der Waals surface area contributed by atoms with E-state index in [1.165, 1.54) is 7.11 Å². The second kappa shape index (κ2) is 3.34. The van der Waals surface area contributed by atoms with Crippen molar-refractivity contribution in [1.82, 2.24) is 0 Å². The van der Waals surface area contributed by atoms with E-state index in [9.17, 15) is 9.90 Å². The van der Waals surface area contributed by atoms with E-state index >= 15 is 0 Å². The maximum absolute atomic E-state index is 11.9. The van der Waals surface area contributed by atoms with Gasteiger partial charge in [0.25, 0.3) is 5.91 Å². The highest BCUT2D eigenvalue weighted by Crippen LogP contribution is 2.43. The van der Waals surface area contributed by atoms with Gasteiger partial charge in [-0.3, -0.25) is 9.69 Å². The standard InChI is InChI=1S/C13H13NO3/c1-7-10-12(17-2)13(16)14(10)9-6-4-3-5-8(9)11(7)15/h3-6,10,12,15H,1-2H3. The van der Waals surface area contributed by atoms with Crippen molar-refractivity contribution < 1.29 is 14.6 Å². The average molecular weight is 231 g/mol. The predicted molar refractivity (Wildman–Crippen MR) is 63.7 cm³/mol. The number of benzene rings is 1. The van der Waals surface area contributed by atoms with Gasteiger partial charge in [-0.05, 0) is 24.6 Å². The molecule has 0 aromatic heterocycles. The van der Waals surface area contributed by atoms with Crippen LogP contribution >= 0.6 is 0 Å². The summed E-state index contributed by atoms with van der Waals surface area (Å²) in [5.41, 5.74) is 2.26. The molecule has 1 amide bonds. The van der Waals surface area contributed by atoms with Crippen molar-refractivity contribution in [3.05, 3.63) is 35.4 Å². The van der Waals surface area contributed by atoms with Gasteiger partial charge in [0, 0.05) is 12.7 Å². The molecule has 17 heavy (non-hydrogen) atoms. The summed E-state index contributed by atoms with van der Waals surface area (Å²) in [5, 5.41) is 10.1.